The number of aliphatic hydroxyl groups excluding tert-OH is 3. The van der Waals surface area contributed by atoms with Crippen molar-refractivity contribution in [3.05, 3.63) is 0 Å². The van der Waals surface area contributed by atoms with Crippen molar-refractivity contribution in [3.63, 3.8) is 0 Å². The van der Waals surface area contributed by atoms with Crippen LogP contribution in [0.2, 0.25) is 0 Å². The highest BCUT2D eigenvalue weighted by molar-refractivity contribution is 4.72. The summed E-state index contributed by atoms with van der Waals surface area (Å²) in [4.78, 5) is 0. The molecule has 1 saturated heterocycles. The van der Waals surface area contributed by atoms with Gasteiger partial charge in [0.25, 0.3) is 0 Å². The van der Waals surface area contributed by atoms with Gasteiger partial charge in [-0.25, -0.2) is 0 Å². The minimum atomic E-state index is -0.924. The van der Waals surface area contributed by atoms with Crippen LogP contribution in [0.15, 0.2) is 0 Å². The predicted molar refractivity (Wildman–Crippen MR) is 34.8 cm³/mol. The van der Waals surface area contributed by atoms with Gasteiger partial charge in [-0.2, -0.15) is 0 Å². The molecule has 1 aliphatic rings. The summed E-state index contributed by atoms with van der Waals surface area (Å²) in [5.74, 6) is 0. The van der Waals surface area contributed by atoms with E-state index in [4.69, 9.17) is 24.8 Å². The Morgan fingerprint density at radius 1 is 1.45 bits per heavy atom. The van der Waals surface area contributed by atoms with Gasteiger partial charge in [-0.1, -0.05) is 0 Å². The molecule has 0 radical (unpaired) electrons. The highest BCUT2D eigenvalue weighted by atomic mass is 16.7. The second kappa shape index (κ2) is 3.99. The summed E-state index contributed by atoms with van der Waals surface area (Å²) in [6.07, 6.45) is -2.09. The number of rotatable bonds is 3. The van der Waals surface area contributed by atoms with E-state index in [1.165, 1.54) is 0 Å². The van der Waals surface area contributed by atoms with Gasteiger partial charge in [0, 0.05) is 0 Å². The number of ether oxygens (including phenoxy) is 2. The van der Waals surface area contributed by atoms with Crippen molar-refractivity contribution in [2.45, 2.75) is 18.5 Å². The SMILES string of the molecule is OC[C@H]1OC[C@@H]([C@@H](O)CO)O1. The van der Waals surface area contributed by atoms with Gasteiger partial charge in [-0.05, 0) is 0 Å². The highest BCUT2D eigenvalue weighted by Crippen LogP contribution is 2.13. The van der Waals surface area contributed by atoms with Gasteiger partial charge in [-0.3, -0.25) is 0 Å². The van der Waals surface area contributed by atoms with Crippen LogP contribution in [0.25, 0.3) is 0 Å². The molecule has 5 nitrogen and oxygen atoms in total. The van der Waals surface area contributed by atoms with Crippen molar-refractivity contribution in [2.75, 3.05) is 19.8 Å². The summed E-state index contributed by atoms with van der Waals surface area (Å²) in [7, 11) is 0. The van der Waals surface area contributed by atoms with Crippen molar-refractivity contribution < 1.29 is 24.8 Å². The van der Waals surface area contributed by atoms with Crippen molar-refractivity contribution in [2.24, 2.45) is 0 Å². The molecular weight excluding hydrogens is 152 g/mol. The zero-order valence-corrected chi connectivity index (χ0v) is 6.01. The fourth-order valence-electron chi connectivity index (χ4n) is 0.891. The molecule has 1 heterocycles. The van der Waals surface area contributed by atoms with Crippen LogP contribution in [-0.2, 0) is 9.47 Å². The van der Waals surface area contributed by atoms with Gasteiger partial charge in [0.1, 0.15) is 12.2 Å². The van der Waals surface area contributed by atoms with Crippen LogP contribution in [-0.4, -0.2) is 53.6 Å². The van der Waals surface area contributed by atoms with E-state index in [1.807, 2.05) is 0 Å². The highest BCUT2D eigenvalue weighted by Gasteiger charge is 2.30. The van der Waals surface area contributed by atoms with Gasteiger partial charge < -0.3 is 24.8 Å². The van der Waals surface area contributed by atoms with Crippen LogP contribution >= 0.6 is 0 Å². The zero-order valence-electron chi connectivity index (χ0n) is 6.01. The molecule has 0 unspecified atom stereocenters. The van der Waals surface area contributed by atoms with Crippen LogP contribution in [0.5, 0.6) is 0 Å². The molecule has 0 saturated carbocycles. The first kappa shape index (κ1) is 8.89. The lowest BCUT2D eigenvalue weighted by Gasteiger charge is -2.13. The molecule has 5 heteroatoms. The minimum absolute atomic E-state index is 0.215. The van der Waals surface area contributed by atoms with Crippen LogP contribution in [0.1, 0.15) is 0 Å². The molecule has 0 amide bonds. The molecule has 0 aromatic rings. The van der Waals surface area contributed by atoms with Gasteiger partial charge in [-0.15, -0.1) is 0 Å². The van der Waals surface area contributed by atoms with E-state index < -0.39 is 18.5 Å². The Kier molecular flexibility index (Phi) is 3.22. The molecule has 1 aliphatic heterocycles. The van der Waals surface area contributed by atoms with E-state index >= 15 is 0 Å². The molecule has 66 valence electrons. The first-order valence-electron chi connectivity index (χ1n) is 3.44. The molecular formula is C6H12O5. The molecule has 1 fully saturated rings. The molecule has 0 aromatic carbocycles. The van der Waals surface area contributed by atoms with E-state index in [0.717, 1.165) is 0 Å². The third-order valence-corrected chi connectivity index (χ3v) is 1.54. The molecule has 0 bridgehead atoms. The Labute approximate surface area is 64.2 Å². The van der Waals surface area contributed by atoms with E-state index in [-0.39, 0.29) is 19.8 Å². The smallest absolute Gasteiger partial charge is 0.181 e. The molecule has 0 aromatic heterocycles. The Balaban J connectivity index is 2.29. The fraction of sp³-hybridized carbons (Fsp3) is 1.00. The lowest BCUT2D eigenvalue weighted by molar-refractivity contribution is -0.109. The van der Waals surface area contributed by atoms with E-state index in [0.29, 0.717) is 0 Å². The van der Waals surface area contributed by atoms with Crippen molar-refractivity contribution in [3.8, 4) is 0 Å². The van der Waals surface area contributed by atoms with Crippen molar-refractivity contribution in [1.29, 1.82) is 0 Å². The van der Waals surface area contributed by atoms with Gasteiger partial charge in [0.15, 0.2) is 6.29 Å². The number of hydrogen-bond acceptors (Lipinski definition) is 5. The summed E-state index contributed by atoms with van der Waals surface area (Å²) in [6, 6.07) is 0. The minimum Gasteiger partial charge on any atom is -0.394 e. The van der Waals surface area contributed by atoms with Crippen molar-refractivity contribution >= 4 is 0 Å². The topological polar surface area (TPSA) is 79.2 Å². The second-order valence-electron chi connectivity index (χ2n) is 2.37. The quantitative estimate of drug-likeness (QED) is 0.453. The maximum absolute atomic E-state index is 9.03. The summed E-state index contributed by atoms with van der Waals surface area (Å²) < 4.78 is 9.88. The zero-order chi connectivity index (χ0) is 8.27. The summed E-state index contributed by atoms with van der Waals surface area (Å²) in [5.41, 5.74) is 0. The molecule has 1 rings (SSSR count). The summed E-state index contributed by atoms with van der Waals surface area (Å²) in [5, 5.41) is 26.1. The molecule has 3 atom stereocenters. The van der Waals surface area contributed by atoms with Crippen LogP contribution < -0.4 is 0 Å². The van der Waals surface area contributed by atoms with Crippen molar-refractivity contribution in [1.82, 2.24) is 0 Å². The molecule has 0 aliphatic carbocycles. The normalized spacial score (nSPS) is 34.1. The first-order valence-corrected chi connectivity index (χ1v) is 3.44. The molecule has 3 N–H and O–H groups in total. The Bertz CT molecular complexity index is 118. The number of aliphatic hydroxyl groups is 3. The first-order chi connectivity index (χ1) is 5.27. The van der Waals surface area contributed by atoms with Gasteiger partial charge in [0.05, 0.1) is 19.8 Å². The number of hydrogen-bond donors (Lipinski definition) is 3. The molecule has 11 heavy (non-hydrogen) atoms. The second-order valence-corrected chi connectivity index (χ2v) is 2.37. The Hall–Kier alpha value is -0.200. The largest absolute Gasteiger partial charge is 0.394 e. The van der Waals surface area contributed by atoms with Gasteiger partial charge in [0.2, 0.25) is 0 Å². The average Bonchev–Trinajstić information content (AvgIpc) is 2.50. The predicted octanol–water partition coefficient (Wildman–Crippen LogP) is -1.93. The van der Waals surface area contributed by atoms with Gasteiger partial charge >= 0.3 is 0 Å². The van der Waals surface area contributed by atoms with Crippen LogP contribution in [0, 0.1) is 0 Å². The maximum atomic E-state index is 9.03. The maximum Gasteiger partial charge on any atom is 0.181 e. The van der Waals surface area contributed by atoms with E-state index in [9.17, 15) is 0 Å². The molecule has 0 spiro atoms. The van der Waals surface area contributed by atoms with E-state index in [1.54, 1.807) is 0 Å². The lowest BCUT2D eigenvalue weighted by Crippen LogP contribution is -2.31. The summed E-state index contributed by atoms with van der Waals surface area (Å²) in [6.45, 7) is -0.367. The average molecular weight is 164 g/mol. The Morgan fingerprint density at radius 3 is 2.64 bits per heavy atom. The van der Waals surface area contributed by atoms with Crippen LogP contribution in [0.4, 0.5) is 0 Å². The third-order valence-electron chi connectivity index (χ3n) is 1.54. The lowest BCUT2D eigenvalue weighted by atomic mass is 10.2. The Morgan fingerprint density at radius 2 is 2.18 bits per heavy atom. The standard InChI is InChI=1S/C6H12O5/c7-1-4(9)5-3-10-6(2-8)11-5/h4-9H,1-3H2/t4-,5-,6-/m0/s1. The third kappa shape index (κ3) is 2.11. The monoisotopic (exact) mass is 164 g/mol. The summed E-state index contributed by atoms with van der Waals surface area (Å²) >= 11 is 0. The fourth-order valence-corrected chi connectivity index (χ4v) is 0.891. The van der Waals surface area contributed by atoms with E-state index in [2.05, 4.69) is 0 Å². The van der Waals surface area contributed by atoms with Crippen LogP contribution in [0.3, 0.4) is 0 Å².